The van der Waals surface area contributed by atoms with Gasteiger partial charge in [-0.25, -0.2) is 0 Å². The maximum Gasteiger partial charge on any atom is 0.307 e. The SMILES string of the molecule is COc1cc(NC(=O)C2CC2C(=O)O)ccc1NC(C)=O. The maximum atomic E-state index is 11.9. The largest absolute Gasteiger partial charge is 0.494 e. The van der Waals surface area contributed by atoms with Gasteiger partial charge in [0.25, 0.3) is 0 Å². The molecular formula is C14H16N2O5. The minimum absolute atomic E-state index is 0.229. The Hall–Kier alpha value is -2.57. The normalized spacial score (nSPS) is 19.5. The molecule has 3 N–H and O–H groups in total. The molecule has 1 aliphatic rings. The molecule has 0 aromatic heterocycles. The molecular weight excluding hydrogens is 276 g/mol. The van der Waals surface area contributed by atoms with Gasteiger partial charge < -0.3 is 20.5 Å². The number of aliphatic carboxylic acids is 1. The molecule has 2 rings (SSSR count). The van der Waals surface area contributed by atoms with Crippen molar-refractivity contribution < 1.29 is 24.2 Å². The number of nitrogens with one attached hydrogen (secondary N) is 2. The molecule has 7 nitrogen and oxygen atoms in total. The zero-order valence-electron chi connectivity index (χ0n) is 11.7. The lowest BCUT2D eigenvalue weighted by atomic mass is 10.2. The van der Waals surface area contributed by atoms with Gasteiger partial charge in [0, 0.05) is 18.7 Å². The van der Waals surface area contributed by atoms with E-state index in [1.807, 2.05) is 0 Å². The van der Waals surface area contributed by atoms with E-state index in [2.05, 4.69) is 10.6 Å². The number of hydrogen-bond acceptors (Lipinski definition) is 4. The van der Waals surface area contributed by atoms with Crippen molar-refractivity contribution in [3.05, 3.63) is 18.2 Å². The van der Waals surface area contributed by atoms with Crippen molar-refractivity contribution in [2.75, 3.05) is 17.7 Å². The van der Waals surface area contributed by atoms with Gasteiger partial charge in [0.15, 0.2) is 0 Å². The average molecular weight is 292 g/mol. The summed E-state index contributed by atoms with van der Waals surface area (Å²) >= 11 is 0. The zero-order chi connectivity index (χ0) is 15.6. The quantitative estimate of drug-likeness (QED) is 0.759. The predicted molar refractivity (Wildman–Crippen MR) is 75.2 cm³/mol. The number of benzene rings is 1. The number of carbonyl (C=O) groups is 3. The molecule has 2 amide bonds. The standard InChI is InChI=1S/C14H16N2O5/c1-7(17)15-11-4-3-8(5-12(11)21-2)16-13(18)9-6-10(9)14(19)20/h3-5,9-10H,6H2,1-2H3,(H,15,17)(H,16,18)(H,19,20). The fourth-order valence-electron chi connectivity index (χ4n) is 2.05. The fraction of sp³-hybridized carbons (Fsp3) is 0.357. The molecule has 21 heavy (non-hydrogen) atoms. The number of carboxylic acid groups (broad SMARTS) is 1. The number of ether oxygens (including phenoxy) is 1. The molecule has 1 fully saturated rings. The smallest absolute Gasteiger partial charge is 0.307 e. The third kappa shape index (κ3) is 3.50. The molecule has 112 valence electrons. The Labute approximate surface area is 121 Å². The Morgan fingerprint density at radius 3 is 2.48 bits per heavy atom. The molecule has 2 atom stereocenters. The summed E-state index contributed by atoms with van der Waals surface area (Å²) in [5.41, 5.74) is 0.986. The molecule has 0 aliphatic heterocycles. The topological polar surface area (TPSA) is 105 Å². The molecule has 1 aromatic rings. The van der Waals surface area contributed by atoms with E-state index in [0.717, 1.165) is 0 Å². The molecule has 2 unspecified atom stereocenters. The second-order valence-corrected chi connectivity index (χ2v) is 4.87. The second kappa shape index (κ2) is 5.82. The molecule has 1 saturated carbocycles. The molecule has 0 spiro atoms. The first-order valence-electron chi connectivity index (χ1n) is 6.41. The van der Waals surface area contributed by atoms with E-state index in [1.165, 1.54) is 14.0 Å². The molecule has 0 bridgehead atoms. The van der Waals surface area contributed by atoms with Gasteiger partial charge in [-0.05, 0) is 18.6 Å². The van der Waals surface area contributed by atoms with Crippen LogP contribution in [0.25, 0.3) is 0 Å². The van der Waals surface area contributed by atoms with Crippen LogP contribution in [0, 0.1) is 11.8 Å². The number of amides is 2. The van der Waals surface area contributed by atoms with E-state index in [4.69, 9.17) is 9.84 Å². The van der Waals surface area contributed by atoms with Crippen LogP contribution >= 0.6 is 0 Å². The molecule has 0 radical (unpaired) electrons. The summed E-state index contributed by atoms with van der Waals surface area (Å²) in [6.45, 7) is 1.38. The summed E-state index contributed by atoms with van der Waals surface area (Å²) in [5.74, 6) is -2.17. The van der Waals surface area contributed by atoms with Crippen LogP contribution in [0.2, 0.25) is 0 Å². The van der Waals surface area contributed by atoms with E-state index < -0.39 is 17.8 Å². The first-order valence-corrected chi connectivity index (χ1v) is 6.41. The number of anilines is 2. The summed E-state index contributed by atoms with van der Waals surface area (Å²) in [5, 5.41) is 14.1. The Morgan fingerprint density at radius 2 is 1.95 bits per heavy atom. The zero-order valence-corrected chi connectivity index (χ0v) is 11.7. The fourth-order valence-corrected chi connectivity index (χ4v) is 2.05. The Morgan fingerprint density at radius 1 is 1.24 bits per heavy atom. The average Bonchev–Trinajstić information content (AvgIpc) is 3.20. The summed E-state index contributed by atoms with van der Waals surface area (Å²) in [4.78, 5) is 33.7. The van der Waals surface area contributed by atoms with Crippen molar-refractivity contribution >= 4 is 29.2 Å². The summed E-state index contributed by atoms with van der Waals surface area (Å²) in [6, 6.07) is 4.79. The summed E-state index contributed by atoms with van der Waals surface area (Å²) < 4.78 is 5.14. The Kier molecular flexibility index (Phi) is 4.11. The van der Waals surface area contributed by atoms with Crippen LogP contribution in [-0.4, -0.2) is 30.0 Å². The van der Waals surface area contributed by atoms with Crippen LogP contribution in [0.15, 0.2) is 18.2 Å². The van der Waals surface area contributed by atoms with Gasteiger partial charge in [-0.1, -0.05) is 0 Å². The molecule has 1 aliphatic carbocycles. The molecule has 0 saturated heterocycles. The Balaban J connectivity index is 2.06. The van der Waals surface area contributed by atoms with E-state index in [-0.39, 0.29) is 11.8 Å². The third-order valence-electron chi connectivity index (χ3n) is 3.22. The number of carboxylic acids is 1. The Bertz CT molecular complexity index is 599. The van der Waals surface area contributed by atoms with Gasteiger partial charge in [-0.3, -0.25) is 14.4 Å². The van der Waals surface area contributed by atoms with Crippen molar-refractivity contribution in [2.24, 2.45) is 11.8 Å². The summed E-state index contributed by atoms with van der Waals surface area (Å²) in [7, 11) is 1.45. The van der Waals surface area contributed by atoms with Gasteiger partial charge in [-0.15, -0.1) is 0 Å². The molecule has 7 heteroatoms. The summed E-state index contributed by atoms with van der Waals surface area (Å²) in [6.07, 6.45) is 0.363. The van der Waals surface area contributed by atoms with Crippen molar-refractivity contribution in [3.8, 4) is 5.75 Å². The van der Waals surface area contributed by atoms with Crippen LogP contribution in [0.3, 0.4) is 0 Å². The highest BCUT2D eigenvalue weighted by atomic mass is 16.5. The highest BCUT2D eigenvalue weighted by Crippen LogP contribution is 2.39. The number of carbonyl (C=O) groups excluding carboxylic acids is 2. The maximum absolute atomic E-state index is 11.9. The predicted octanol–water partition coefficient (Wildman–Crippen LogP) is 1.31. The second-order valence-electron chi connectivity index (χ2n) is 4.87. The van der Waals surface area contributed by atoms with Crippen LogP contribution in [0.4, 0.5) is 11.4 Å². The molecule has 0 heterocycles. The van der Waals surface area contributed by atoms with E-state index >= 15 is 0 Å². The number of rotatable bonds is 5. The van der Waals surface area contributed by atoms with Crippen LogP contribution in [0.5, 0.6) is 5.75 Å². The minimum atomic E-state index is -0.950. The van der Waals surface area contributed by atoms with Crippen LogP contribution < -0.4 is 15.4 Å². The van der Waals surface area contributed by atoms with E-state index in [9.17, 15) is 14.4 Å². The van der Waals surface area contributed by atoms with Gasteiger partial charge in [-0.2, -0.15) is 0 Å². The first-order chi connectivity index (χ1) is 9.92. The minimum Gasteiger partial charge on any atom is -0.494 e. The number of methoxy groups -OCH3 is 1. The molecule has 1 aromatic carbocycles. The third-order valence-corrected chi connectivity index (χ3v) is 3.22. The van der Waals surface area contributed by atoms with Crippen LogP contribution in [0.1, 0.15) is 13.3 Å². The highest BCUT2D eigenvalue weighted by Gasteiger charge is 2.48. The lowest BCUT2D eigenvalue weighted by Gasteiger charge is -2.11. The van der Waals surface area contributed by atoms with Gasteiger partial charge in [0.2, 0.25) is 11.8 Å². The van der Waals surface area contributed by atoms with Gasteiger partial charge >= 0.3 is 5.97 Å². The van der Waals surface area contributed by atoms with E-state index in [1.54, 1.807) is 18.2 Å². The highest BCUT2D eigenvalue weighted by molar-refractivity contribution is 5.99. The van der Waals surface area contributed by atoms with Crippen molar-refractivity contribution in [1.29, 1.82) is 0 Å². The van der Waals surface area contributed by atoms with Gasteiger partial charge in [0.05, 0.1) is 24.6 Å². The van der Waals surface area contributed by atoms with Crippen molar-refractivity contribution in [3.63, 3.8) is 0 Å². The monoisotopic (exact) mass is 292 g/mol. The van der Waals surface area contributed by atoms with Crippen LogP contribution in [-0.2, 0) is 14.4 Å². The van der Waals surface area contributed by atoms with Crippen molar-refractivity contribution in [2.45, 2.75) is 13.3 Å². The van der Waals surface area contributed by atoms with Gasteiger partial charge in [0.1, 0.15) is 5.75 Å². The van der Waals surface area contributed by atoms with Crippen molar-refractivity contribution in [1.82, 2.24) is 0 Å². The lowest BCUT2D eigenvalue weighted by Crippen LogP contribution is -2.17. The van der Waals surface area contributed by atoms with E-state index in [0.29, 0.717) is 23.5 Å². The first kappa shape index (κ1) is 14.8. The lowest BCUT2D eigenvalue weighted by molar-refractivity contribution is -0.139. The number of hydrogen-bond donors (Lipinski definition) is 3.